The minimum Gasteiger partial charge on any atom is -0.361 e. The van der Waals surface area contributed by atoms with Crippen molar-refractivity contribution in [3.05, 3.63) is 0 Å². The van der Waals surface area contributed by atoms with Crippen LogP contribution in [0.1, 0.15) is 19.3 Å². The molecule has 1 rings (SSSR count). The molecule has 1 aliphatic heterocycles. The molecule has 0 spiro atoms. The van der Waals surface area contributed by atoms with Crippen LogP contribution >= 0.6 is 10.9 Å². The summed E-state index contributed by atoms with van der Waals surface area (Å²) in [5.41, 5.74) is -1.000. The van der Waals surface area contributed by atoms with E-state index < -0.39 is 16.5 Å². The quantitative estimate of drug-likeness (QED) is 0.375. The van der Waals surface area contributed by atoms with Gasteiger partial charge < -0.3 is 10.2 Å². The molecular formula is C6H14O2S. The summed E-state index contributed by atoms with van der Waals surface area (Å²) in [7, 11) is -0.420. The van der Waals surface area contributed by atoms with Crippen LogP contribution in [0.25, 0.3) is 0 Å². The third-order valence-electron chi connectivity index (χ3n) is 1.72. The Hall–Kier alpha value is 0.270. The monoisotopic (exact) mass is 150 g/mol. The molecule has 0 aromatic heterocycles. The molecule has 0 aromatic carbocycles. The minimum absolute atomic E-state index is 0.420. The van der Waals surface area contributed by atoms with Crippen molar-refractivity contribution in [2.24, 2.45) is 0 Å². The summed E-state index contributed by atoms with van der Waals surface area (Å²) in [5.74, 6) is 2.12. The van der Waals surface area contributed by atoms with E-state index in [0.717, 1.165) is 11.5 Å². The molecule has 0 saturated carbocycles. The fourth-order valence-electron chi connectivity index (χ4n) is 1.15. The zero-order valence-electron chi connectivity index (χ0n) is 5.45. The van der Waals surface area contributed by atoms with Gasteiger partial charge in [0.25, 0.3) is 0 Å². The Bertz CT molecular complexity index is 79.1. The van der Waals surface area contributed by atoms with Crippen LogP contribution in [-0.4, -0.2) is 27.3 Å². The van der Waals surface area contributed by atoms with Gasteiger partial charge in [-0.1, -0.05) is 6.42 Å². The Labute approximate surface area is 58.2 Å². The minimum atomic E-state index is -1.000. The molecule has 2 N–H and O–H groups in total. The average molecular weight is 150 g/mol. The van der Waals surface area contributed by atoms with Crippen LogP contribution in [0.5, 0.6) is 0 Å². The van der Waals surface area contributed by atoms with Crippen LogP contribution < -0.4 is 0 Å². The summed E-state index contributed by atoms with van der Waals surface area (Å²) in [6.45, 7) is 0. The average Bonchev–Trinajstić information content (AvgIpc) is 1.90. The van der Waals surface area contributed by atoms with E-state index in [2.05, 4.69) is 0 Å². The van der Waals surface area contributed by atoms with Crippen LogP contribution in [0, 0.1) is 0 Å². The third kappa shape index (κ3) is 2.16. The number of thiol groups is 1. The fourth-order valence-corrected chi connectivity index (χ4v) is 3.09. The molecule has 1 aliphatic rings. The second-order valence-corrected chi connectivity index (χ2v) is 4.98. The Balaban J connectivity index is 2.23. The molecule has 0 radical (unpaired) electrons. The normalized spacial score (nSPS) is 25.0. The molecule has 0 amide bonds. The van der Waals surface area contributed by atoms with Gasteiger partial charge in [-0.3, -0.25) is 0 Å². The van der Waals surface area contributed by atoms with Crippen molar-refractivity contribution in [1.29, 1.82) is 0 Å². The number of hydrogen-bond acceptors (Lipinski definition) is 2. The highest BCUT2D eigenvalue weighted by Gasteiger charge is 2.14. The van der Waals surface area contributed by atoms with Crippen molar-refractivity contribution < 1.29 is 10.2 Å². The maximum Gasteiger partial charge on any atom is 0.183 e. The molecule has 56 valence electrons. The van der Waals surface area contributed by atoms with Crippen LogP contribution in [0.3, 0.4) is 0 Å². The number of rotatable bonds is 1. The second kappa shape index (κ2) is 3.44. The molecule has 1 saturated heterocycles. The first-order chi connectivity index (χ1) is 4.30. The van der Waals surface area contributed by atoms with E-state index in [1.165, 1.54) is 19.3 Å². The maximum absolute atomic E-state index is 8.76. The number of hydrogen-bond donors (Lipinski definition) is 3. The van der Waals surface area contributed by atoms with Gasteiger partial charge >= 0.3 is 0 Å². The summed E-state index contributed by atoms with van der Waals surface area (Å²) in [6, 6.07) is 0. The SMILES string of the molecule is OC(O)[SH]1CCCCC1. The first-order valence-corrected chi connectivity index (χ1v) is 5.19. The second-order valence-electron chi connectivity index (χ2n) is 2.44. The van der Waals surface area contributed by atoms with Gasteiger partial charge in [-0.05, 0) is 24.3 Å². The van der Waals surface area contributed by atoms with Crippen LogP contribution in [0.15, 0.2) is 0 Å². The predicted molar refractivity (Wildman–Crippen MR) is 40.8 cm³/mol. The molecule has 9 heavy (non-hydrogen) atoms. The van der Waals surface area contributed by atoms with Crippen molar-refractivity contribution in [2.75, 3.05) is 11.5 Å². The Morgan fingerprint density at radius 2 is 1.56 bits per heavy atom. The molecule has 0 aromatic rings. The van der Waals surface area contributed by atoms with Gasteiger partial charge in [0.05, 0.1) is 0 Å². The lowest BCUT2D eigenvalue weighted by Gasteiger charge is -2.26. The molecule has 0 bridgehead atoms. The predicted octanol–water partition coefficient (Wildman–Crippen LogP) is 0.440. The fraction of sp³-hybridized carbons (Fsp3) is 1.00. The van der Waals surface area contributed by atoms with E-state index >= 15 is 0 Å². The standard InChI is InChI=1S/C6H14O2S/c7-6(8)9-4-2-1-3-5-9/h6-9H,1-5H2. The van der Waals surface area contributed by atoms with Gasteiger partial charge in [0.15, 0.2) is 5.62 Å². The largest absolute Gasteiger partial charge is 0.361 e. The van der Waals surface area contributed by atoms with Crippen LogP contribution in [0.4, 0.5) is 0 Å². The molecule has 0 unspecified atom stereocenters. The van der Waals surface area contributed by atoms with Gasteiger partial charge in [-0.25, -0.2) is 10.9 Å². The number of aliphatic hydroxyl groups excluding tert-OH is 1. The number of aliphatic hydroxyl groups is 2. The molecular weight excluding hydrogens is 136 g/mol. The van der Waals surface area contributed by atoms with E-state index in [1.54, 1.807) is 0 Å². The molecule has 0 atom stereocenters. The van der Waals surface area contributed by atoms with E-state index in [1.807, 2.05) is 0 Å². The van der Waals surface area contributed by atoms with E-state index in [4.69, 9.17) is 10.2 Å². The topological polar surface area (TPSA) is 40.5 Å². The summed E-state index contributed by atoms with van der Waals surface area (Å²) in [5, 5.41) is 17.5. The Kier molecular flexibility index (Phi) is 2.82. The summed E-state index contributed by atoms with van der Waals surface area (Å²) in [6.07, 6.45) is 3.68. The van der Waals surface area contributed by atoms with E-state index in [0.29, 0.717) is 0 Å². The van der Waals surface area contributed by atoms with Gasteiger partial charge in [0.1, 0.15) is 0 Å². The molecule has 1 heterocycles. The lowest BCUT2D eigenvalue weighted by molar-refractivity contribution is 0.0380. The smallest absolute Gasteiger partial charge is 0.183 e. The first-order valence-electron chi connectivity index (χ1n) is 3.41. The first kappa shape index (κ1) is 7.38. The lowest BCUT2D eigenvalue weighted by Crippen LogP contribution is -2.14. The molecule has 3 heteroatoms. The third-order valence-corrected chi connectivity index (χ3v) is 4.15. The van der Waals surface area contributed by atoms with Crippen molar-refractivity contribution >= 4 is 10.9 Å². The van der Waals surface area contributed by atoms with E-state index in [9.17, 15) is 0 Å². The molecule has 0 aliphatic carbocycles. The Morgan fingerprint density at radius 3 is 1.89 bits per heavy atom. The highest BCUT2D eigenvalue weighted by molar-refractivity contribution is 8.17. The van der Waals surface area contributed by atoms with Crippen molar-refractivity contribution in [1.82, 2.24) is 0 Å². The van der Waals surface area contributed by atoms with Crippen LogP contribution in [-0.2, 0) is 0 Å². The molecule has 1 fully saturated rings. The summed E-state index contributed by atoms with van der Waals surface area (Å²) >= 11 is 0. The van der Waals surface area contributed by atoms with E-state index in [-0.39, 0.29) is 0 Å². The van der Waals surface area contributed by atoms with Gasteiger partial charge in [-0.2, -0.15) is 0 Å². The zero-order chi connectivity index (χ0) is 6.69. The molecule has 2 nitrogen and oxygen atoms in total. The van der Waals surface area contributed by atoms with Crippen LogP contribution in [0.2, 0.25) is 0 Å². The van der Waals surface area contributed by atoms with Crippen molar-refractivity contribution in [3.8, 4) is 0 Å². The van der Waals surface area contributed by atoms with Crippen molar-refractivity contribution in [3.63, 3.8) is 0 Å². The van der Waals surface area contributed by atoms with Gasteiger partial charge in [0.2, 0.25) is 0 Å². The summed E-state index contributed by atoms with van der Waals surface area (Å²) < 4.78 is 0. The van der Waals surface area contributed by atoms with Gasteiger partial charge in [0, 0.05) is 0 Å². The Morgan fingerprint density at radius 1 is 1.00 bits per heavy atom. The van der Waals surface area contributed by atoms with Crippen molar-refractivity contribution in [2.45, 2.75) is 24.9 Å². The lowest BCUT2D eigenvalue weighted by atomic mass is 10.3. The van der Waals surface area contributed by atoms with Gasteiger partial charge in [-0.15, -0.1) is 0 Å². The summed E-state index contributed by atoms with van der Waals surface area (Å²) in [4.78, 5) is 0. The highest BCUT2D eigenvalue weighted by atomic mass is 32.2. The highest BCUT2D eigenvalue weighted by Crippen LogP contribution is 2.34. The maximum atomic E-state index is 8.76. The zero-order valence-corrected chi connectivity index (χ0v) is 6.35.